The smallest absolute Gasteiger partial charge is 0.248 e. The highest BCUT2D eigenvalue weighted by Crippen LogP contribution is 2.19. The first-order valence-electron chi connectivity index (χ1n) is 6.37. The van der Waals surface area contributed by atoms with Crippen LogP contribution in [0, 0.1) is 0 Å². The number of nitrogens with one attached hydrogen (secondary N) is 1. The SMILES string of the molecule is O=c1cc2ccn(-c3ccc4ccccc4n3)c2c[nH]1. The van der Waals surface area contributed by atoms with E-state index in [4.69, 9.17) is 0 Å². The van der Waals surface area contributed by atoms with E-state index in [0.29, 0.717) is 0 Å². The van der Waals surface area contributed by atoms with Crippen molar-refractivity contribution in [2.45, 2.75) is 0 Å². The number of aromatic amines is 1. The van der Waals surface area contributed by atoms with Crippen LogP contribution in [-0.2, 0) is 0 Å². The third kappa shape index (κ3) is 1.62. The van der Waals surface area contributed by atoms with E-state index in [9.17, 15) is 4.79 Å². The zero-order valence-corrected chi connectivity index (χ0v) is 10.6. The van der Waals surface area contributed by atoms with Crippen LogP contribution in [0.15, 0.2) is 65.7 Å². The lowest BCUT2D eigenvalue weighted by molar-refractivity contribution is 1.05. The molecule has 4 nitrogen and oxygen atoms in total. The number of hydrogen-bond donors (Lipinski definition) is 1. The molecule has 4 heteroatoms. The van der Waals surface area contributed by atoms with Crippen LogP contribution in [0.25, 0.3) is 27.6 Å². The molecule has 0 aliphatic rings. The van der Waals surface area contributed by atoms with E-state index in [1.807, 2.05) is 47.2 Å². The molecule has 96 valence electrons. The average Bonchev–Trinajstić information content (AvgIpc) is 2.89. The molecule has 0 aliphatic carbocycles. The van der Waals surface area contributed by atoms with Gasteiger partial charge in [-0.3, -0.25) is 9.36 Å². The second-order valence-corrected chi connectivity index (χ2v) is 4.69. The van der Waals surface area contributed by atoms with Crippen molar-refractivity contribution in [3.05, 3.63) is 71.3 Å². The number of rotatable bonds is 1. The lowest BCUT2D eigenvalue weighted by Gasteiger charge is -2.05. The Balaban J connectivity index is 1.98. The number of aromatic nitrogens is 3. The molecule has 0 spiro atoms. The topological polar surface area (TPSA) is 50.7 Å². The molecule has 4 aromatic rings. The number of H-pyrrole nitrogens is 1. The standard InChI is InChI=1S/C16H11N3O/c20-16-9-12-7-8-19(14(12)10-17-16)15-6-5-11-3-1-2-4-13(11)18-15/h1-10H,(H,17,20). The van der Waals surface area contributed by atoms with Gasteiger partial charge in [-0.2, -0.15) is 0 Å². The normalized spacial score (nSPS) is 11.2. The van der Waals surface area contributed by atoms with Crippen molar-refractivity contribution >= 4 is 21.8 Å². The molecule has 0 aliphatic heterocycles. The Hall–Kier alpha value is -2.88. The van der Waals surface area contributed by atoms with Crippen LogP contribution < -0.4 is 5.56 Å². The minimum atomic E-state index is -0.0956. The van der Waals surface area contributed by atoms with Gasteiger partial charge in [-0.1, -0.05) is 18.2 Å². The van der Waals surface area contributed by atoms with Crippen molar-refractivity contribution in [1.82, 2.24) is 14.5 Å². The van der Waals surface area contributed by atoms with Gasteiger partial charge in [0, 0.05) is 29.2 Å². The summed E-state index contributed by atoms with van der Waals surface area (Å²) < 4.78 is 1.97. The fourth-order valence-corrected chi connectivity index (χ4v) is 2.45. The minimum absolute atomic E-state index is 0.0956. The van der Waals surface area contributed by atoms with Crippen LogP contribution in [0.4, 0.5) is 0 Å². The summed E-state index contributed by atoms with van der Waals surface area (Å²) in [5.41, 5.74) is 1.80. The van der Waals surface area contributed by atoms with E-state index in [1.165, 1.54) is 0 Å². The van der Waals surface area contributed by atoms with Crippen molar-refractivity contribution in [3.8, 4) is 5.82 Å². The van der Waals surface area contributed by atoms with Crippen molar-refractivity contribution in [3.63, 3.8) is 0 Å². The van der Waals surface area contributed by atoms with Crippen LogP contribution in [0.1, 0.15) is 0 Å². The van der Waals surface area contributed by atoms with Gasteiger partial charge in [-0.25, -0.2) is 4.98 Å². The minimum Gasteiger partial charge on any atom is -0.327 e. The highest BCUT2D eigenvalue weighted by atomic mass is 16.1. The van der Waals surface area contributed by atoms with Gasteiger partial charge in [0.25, 0.3) is 0 Å². The van der Waals surface area contributed by atoms with Crippen LogP contribution in [0.3, 0.4) is 0 Å². The van der Waals surface area contributed by atoms with E-state index in [1.54, 1.807) is 12.3 Å². The first-order chi connectivity index (χ1) is 9.81. The third-order valence-electron chi connectivity index (χ3n) is 3.43. The summed E-state index contributed by atoms with van der Waals surface area (Å²) in [4.78, 5) is 18.7. The molecule has 0 saturated carbocycles. The fourth-order valence-electron chi connectivity index (χ4n) is 2.45. The maximum Gasteiger partial charge on any atom is 0.248 e. The summed E-state index contributed by atoms with van der Waals surface area (Å²) in [6.07, 6.45) is 3.64. The molecule has 0 saturated heterocycles. The number of pyridine rings is 2. The van der Waals surface area contributed by atoms with E-state index >= 15 is 0 Å². The van der Waals surface area contributed by atoms with Gasteiger partial charge in [0.2, 0.25) is 5.56 Å². The van der Waals surface area contributed by atoms with Gasteiger partial charge in [0.05, 0.1) is 11.0 Å². The fraction of sp³-hybridized carbons (Fsp3) is 0. The molecule has 3 heterocycles. The number of hydrogen-bond acceptors (Lipinski definition) is 2. The number of benzene rings is 1. The van der Waals surface area contributed by atoms with Gasteiger partial charge in [-0.05, 0) is 24.3 Å². The Morgan fingerprint density at radius 3 is 2.85 bits per heavy atom. The Morgan fingerprint density at radius 2 is 1.90 bits per heavy atom. The predicted molar refractivity (Wildman–Crippen MR) is 79.2 cm³/mol. The zero-order chi connectivity index (χ0) is 13.5. The molecule has 0 fully saturated rings. The molecule has 3 aromatic heterocycles. The lowest BCUT2D eigenvalue weighted by Crippen LogP contribution is -2.03. The molecule has 0 amide bonds. The van der Waals surface area contributed by atoms with Crippen molar-refractivity contribution in [1.29, 1.82) is 0 Å². The van der Waals surface area contributed by atoms with Crippen LogP contribution >= 0.6 is 0 Å². The summed E-state index contributed by atoms with van der Waals surface area (Å²) in [7, 11) is 0. The zero-order valence-electron chi connectivity index (χ0n) is 10.6. The van der Waals surface area contributed by atoms with E-state index in [-0.39, 0.29) is 5.56 Å². The van der Waals surface area contributed by atoms with Crippen LogP contribution in [0.2, 0.25) is 0 Å². The van der Waals surface area contributed by atoms with Gasteiger partial charge in [0.15, 0.2) is 0 Å². The Bertz CT molecular complexity index is 982. The molecule has 0 atom stereocenters. The molecular weight excluding hydrogens is 250 g/mol. The van der Waals surface area contributed by atoms with Crippen molar-refractivity contribution in [2.75, 3.05) is 0 Å². The second kappa shape index (κ2) is 4.06. The Morgan fingerprint density at radius 1 is 1.00 bits per heavy atom. The Labute approximate surface area is 114 Å². The van der Waals surface area contributed by atoms with Crippen LogP contribution in [0.5, 0.6) is 0 Å². The third-order valence-corrected chi connectivity index (χ3v) is 3.43. The monoisotopic (exact) mass is 261 g/mol. The number of para-hydroxylation sites is 1. The molecule has 0 radical (unpaired) electrons. The maximum atomic E-state index is 11.3. The van der Waals surface area contributed by atoms with Gasteiger partial charge < -0.3 is 4.98 Å². The quantitative estimate of drug-likeness (QED) is 0.572. The molecule has 4 rings (SSSR count). The van der Waals surface area contributed by atoms with Crippen molar-refractivity contribution < 1.29 is 0 Å². The number of fused-ring (bicyclic) bond motifs is 2. The molecule has 1 N–H and O–H groups in total. The van der Waals surface area contributed by atoms with E-state index in [2.05, 4.69) is 16.0 Å². The molecular formula is C16H11N3O. The van der Waals surface area contributed by atoms with Crippen LogP contribution in [-0.4, -0.2) is 14.5 Å². The van der Waals surface area contributed by atoms with E-state index < -0.39 is 0 Å². The summed E-state index contributed by atoms with van der Waals surface area (Å²) in [6, 6.07) is 15.5. The highest BCUT2D eigenvalue weighted by molar-refractivity contribution is 5.82. The second-order valence-electron chi connectivity index (χ2n) is 4.69. The summed E-state index contributed by atoms with van der Waals surface area (Å²) in [5.74, 6) is 0.839. The maximum absolute atomic E-state index is 11.3. The van der Waals surface area contributed by atoms with Gasteiger partial charge in [0.1, 0.15) is 5.82 Å². The molecule has 0 bridgehead atoms. The first kappa shape index (κ1) is 11.0. The van der Waals surface area contributed by atoms with Crippen molar-refractivity contribution in [2.24, 2.45) is 0 Å². The Kier molecular flexibility index (Phi) is 2.23. The largest absolute Gasteiger partial charge is 0.327 e. The molecule has 1 aromatic carbocycles. The average molecular weight is 261 g/mol. The van der Waals surface area contributed by atoms with Gasteiger partial charge in [-0.15, -0.1) is 0 Å². The first-order valence-corrected chi connectivity index (χ1v) is 6.37. The predicted octanol–water partition coefficient (Wildman–Crippen LogP) is 2.87. The number of nitrogens with zero attached hydrogens (tertiary/aromatic N) is 2. The molecule has 0 unspecified atom stereocenters. The molecule has 20 heavy (non-hydrogen) atoms. The highest BCUT2D eigenvalue weighted by Gasteiger charge is 2.05. The summed E-state index contributed by atoms with van der Waals surface area (Å²) >= 11 is 0. The van der Waals surface area contributed by atoms with E-state index in [0.717, 1.165) is 27.6 Å². The summed E-state index contributed by atoms with van der Waals surface area (Å²) in [5, 5.41) is 2.02. The summed E-state index contributed by atoms with van der Waals surface area (Å²) in [6.45, 7) is 0. The van der Waals surface area contributed by atoms with Gasteiger partial charge >= 0.3 is 0 Å². The lowest BCUT2D eigenvalue weighted by atomic mass is 10.2.